The van der Waals surface area contributed by atoms with Crippen molar-refractivity contribution in [2.75, 3.05) is 0 Å². The smallest absolute Gasteiger partial charge is 0.426 e. The van der Waals surface area contributed by atoms with E-state index in [4.69, 9.17) is 5.11 Å². The lowest BCUT2D eigenvalue weighted by atomic mass is 9.66. The maximum Gasteiger partial charge on any atom is 0.426 e. The van der Waals surface area contributed by atoms with Crippen molar-refractivity contribution in [1.29, 1.82) is 0 Å². The molecule has 6 nitrogen and oxygen atoms in total. The van der Waals surface area contributed by atoms with Gasteiger partial charge in [0.15, 0.2) is 5.60 Å². The zero-order chi connectivity index (χ0) is 34.3. The molecule has 42 heavy (non-hydrogen) atoms. The SMILES string of the molecule is C=C(C)C(=O)O.C=C(C)C(=O)OC1CC(C(C)(O)C(F)(F)F)CC(C(O)(C(F)(F)F)C(F)(F)F)C1.C=CC[Si](C)(C)C. The molecule has 0 radical (unpaired) electrons. The molecule has 0 spiro atoms. The fourth-order valence-electron chi connectivity index (χ4n) is 3.70. The topological polar surface area (TPSA) is 104 Å². The van der Waals surface area contributed by atoms with Crippen LogP contribution in [0.2, 0.25) is 25.7 Å². The standard InChI is InChI=1S/C16H19F9O4.C6H14Si.C4H6O2/c1-7(2)11(26)29-10-5-8(12(3,27)14(17,18)19)4-9(6-10)13(28,15(20,21)22)16(23,24)25;1-5-6-7(2,3)4;1-3(2)4(5)6/h8-10,27-28H,1,4-6H2,2-3H3;5H,1,6H2,2-4H3;1H2,2H3,(H,5,6). The third kappa shape index (κ3) is 12.1. The molecule has 0 aliphatic heterocycles. The summed E-state index contributed by atoms with van der Waals surface area (Å²) in [6.07, 6.45) is -21.4. The molecule has 1 aliphatic carbocycles. The van der Waals surface area contributed by atoms with Crippen LogP contribution in [0.1, 0.15) is 40.0 Å². The third-order valence-electron chi connectivity index (χ3n) is 6.23. The number of carboxylic acids is 1. The van der Waals surface area contributed by atoms with E-state index in [0.29, 0.717) is 0 Å². The summed E-state index contributed by atoms with van der Waals surface area (Å²) in [7, 11) is -0.775. The number of aliphatic hydroxyl groups is 2. The Bertz CT molecular complexity index is 937. The zero-order valence-corrected chi connectivity index (χ0v) is 25.2. The second kappa shape index (κ2) is 14.9. The van der Waals surface area contributed by atoms with E-state index in [2.05, 4.69) is 44.1 Å². The summed E-state index contributed by atoms with van der Waals surface area (Å²) in [4.78, 5) is 21.2. The first kappa shape index (κ1) is 41.8. The Morgan fingerprint density at radius 2 is 1.21 bits per heavy atom. The molecule has 1 aliphatic rings. The number of carbonyl (C=O) groups is 2. The van der Waals surface area contributed by atoms with E-state index in [0.717, 1.165) is 6.92 Å². The van der Waals surface area contributed by atoms with Gasteiger partial charge in [-0.2, -0.15) is 39.5 Å². The van der Waals surface area contributed by atoms with Crippen LogP contribution in [0.25, 0.3) is 0 Å². The molecule has 16 heteroatoms. The van der Waals surface area contributed by atoms with E-state index in [1.165, 1.54) is 13.0 Å². The summed E-state index contributed by atoms with van der Waals surface area (Å²) in [5.41, 5.74) is -9.19. The van der Waals surface area contributed by atoms with Crippen LogP contribution >= 0.6 is 0 Å². The Kier molecular flexibility index (Phi) is 14.8. The minimum atomic E-state index is -6.29. The Morgan fingerprint density at radius 1 is 0.833 bits per heavy atom. The average Bonchev–Trinajstić information content (AvgIpc) is 2.75. The first-order valence-electron chi connectivity index (χ1n) is 12.4. The summed E-state index contributed by atoms with van der Waals surface area (Å²) in [6.45, 7) is 19.8. The number of carbonyl (C=O) groups excluding carboxylic acids is 1. The van der Waals surface area contributed by atoms with Crippen LogP contribution in [0, 0.1) is 11.8 Å². The van der Waals surface area contributed by atoms with Gasteiger partial charge in [-0.1, -0.05) is 38.9 Å². The Labute approximate surface area is 239 Å². The number of hydrogen-bond acceptors (Lipinski definition) is 5. The Hall–Kier alpha value is -2.33. The van der Waals surface area contributed by atoms with E-state index in [9.17, 15) is 59.3 Å². The number of rotatable bonds is 7. The first-order valence-corrected chi connectivity index (χ1v) is 16.1. The first-order chi connectivity index (χ1) is 18.4. The lowest BCUT2D eigenvalue weighted by Crippen LogP contribution is -2.64. The van der Waals surface area contributed by atoms with Gasteiger partial charge in [-0.05, 0) is 46.1 Å². The van der Waals surface area contributed by atoms with Crippen molar-refractivity contribution >= 4 is 20.0 Å². The van der Waals surface area contributed by atoms with Gasteiger partial charge in [-0.3, -0.25) is 0 Å². The summed E-state index contributed by atoms with van der Waals surface area (Å²) in [5, 5.41) is 27.3. The van der Waals surface area contributed by atoms with Gasteiger partial charge < -0.3 is 20.1 Å². The van der Waals surface area contributed by atoms with Crippen molar-refractivity contribution in [3.8, 4) is 0 Å². The normalized spacial score (nSPS) is 21.3. The number of allylic oxidation sites excluding steroid dienone is 1. The number of halogens is 9. The van der Waals surface area contributed by atoms with Crippen LogP contribution in [-0.4, -0.2) is 71.2 Å². The van der Waals surface area contributed by atoms with Crippen LogP contribution in [0.5, 0.6) is 0 Å². The maximum absolute atomic E-state index is 13.2. The molecule has 0 aromatic carbocycles. The summed E-state index contributed by atoms with van der Waals surface area (Å²) >= 11 is 0. The largest absolute Gasteiger partial charge is 0.478 e. The van der Waals surface area contributed by atoms with E-state index in [1.807, 2.05) is 6.08 Å². The van der Waals surface area contributed by atoms with Crippen LogP contribution in [0.3, 0.4) is 0 Å². The lowest BCUT2D eigenvalue weighted by Gasteiger charge is -2.47. The fourth-order valence-corrected chi connectivity index (χ4v) is 4.57. The second-order valence-corrected chi connectivity index (χ2v) is 17.0. The monoisotopic (exact) mass is 646 g/mol. The lowest BCUT2D eigenvalue weighted by molar-refractivity contribution is -0.391. The number of carboxylic acid groups (broad SMARTS) is 1. The Morgan fingerprint density at radius 3 is 1.45 bits per heavy atom. The van der Waals surface area contributed by atoms with Crippen molar-refractivity contribution in [1.82, 2.24) is 0 Å². The fraction of sp³-hybridized carbons (Fsp3) is 0.692. The van der Waals surface area contributed by atoms with Gasteiger partial charge in [0.1, 0.15) is 6.10 Å². The van der Waals surface area contributed by atoms with Crippen molar-refractivity contribution in [2.24, 2.45) is 11.8 Å². The van der Waals surface area contributed by atoms with Gasteiger partial charge in [0.05, 0.1) is 0 Å². The van der Waals surface area contributed by atoms with Crippen LogP contribution in [-0.2, 0) is 14.3 Å². The number of esters is 1. The summed E-state index contributed by atoms with van der Waals surface area (Å²) in [6, 6.07) is 1.24. The molecule has 4 atom stereocenters. The van der Waals surface area contributed by atoms with Crippen molar-refractivity contribution in [2.45, 2.75) is 102 Å². The predicted octanol–water partition coefficient (Wildman–Crippen LogP) is 7.22. The molecule has 0 aromatic rings. The van der Waals surface area contributed by atoms with Gasteiger partial charge in [0.25, 0.3) is 5.60 Å². The molecule has 0 amide bonds. The molecule has 1 fully saturated rings. The second-order valence-electron chi connectivity index (χ2n) is 11.5. The molecule has 4 unspecified atom stereocenters. The quantitative estimate of drug-likeness (QED) is 0.0888. The van der Waals surface area contributed by atoms with Crippen molar-refractivity contribution < 1.29 is 69.2 Å². The van der Waals surface area contributed by atoms with E-state index in [1.54, 1.807) is 0 Å². The number of alkyl halides is 9. The highest BCUT2D eigenvalue weighted by Gasteiger charge is 2.75. The third-order valence-corrected chi connectivity index (χ3v) is 7.75. The van der Waals surface area contributed by atoms with Crippen LogP contribution < -0.4 is 0 Å². The average molecular weight is 647 g/mol. The molecule has 1 saturated carbocycles. The predicted molar refractivity (Wildman–Crippen MR) is 140 cm³/mol. The molecule has 1 rings (SSSR count). The Balaban J connectivity index is 0. The van der Waals surface area contributed by atoms with E-state index >= 15 is 0 Å². The highest BCUT2D eigenvalue weighted by Crippen LogP contribution is 2.55. The van der Waals surface area contributed by atoms with Gasteiger partial charge in [-0.25, -0.2) is 9.59 Å². The van der Waals surface area contributed by atoms with Crippen LogP contribution in [0.15, 0.2) is 37.0 Å². The molecular weight excluding hydrogens is 607 g/mol. The minimum Gasteiger partial charge on any atom is -0.478 e. The minimum absolute atomic E-state index is 0.176. The van der Waals surface area contributed by atoms with Crippen molar-refractivity contribution in [3.05, 3.63) is 37.0 Å². The molecule has 0 heterocycles. The van der Waals surface area contributed by atoms with Gasteiger partial charge in [0, 0.05) is 31.1 Å². The summed E-state index contributed by atoms with van der Waals surface area (Å²) in [5.74, 6) is -7.27. The molecule has 0 aromatic heterocycles. The van der Waals surface area contributed by atoms with Gasteiger partial charge in [0.2, 0.25) is 0 Å². The van der Waals surface area contributed by atoms with Gasteiger partial charge >= 0.3 is 30.5 Å². The maximum atomic E-state index is 13.2. The zero-order valence-electron chi connectivity index (χ0n) is 24.2. The molecule has 3 N–H and O–H groups in total. The number of hydrogen-bond donors (Lipinski definition) is 3. The molecule has 0 saturated heterocycles. The molecule has 0 bridgehead atoms. The van der Waals surface area contributed by atoms with Gasteiger partial charge in [-0.15, -0.1) is 6.58 Å². The van der Waals surface area contributed by atoms with Crippen molar-refractivity contribution in [3.63, 3.8) is 0 Å². The number of ether oxygens (including phenoxy) is 1. The van der Waals surface area contributed by atoms with Crippen LogP contribution in [0.4, 0.5) is 39.5 Å². The highest BCUT2D eigenvalue weighted by molar-refractivity contribution is 6.76. The summed E-state index contributed by atoms with van der Waals surface area (Å²) < 4.78 is 123. The molecule has 246 valence electrons. The molecular formula is C26H39F9O6Si. The number of aliphatic carboxylic acids is 1. The highest BCUT2D eigenvalue weighted by atomic mass is 28.3. The van der Waals surface area contributed by atoms with E-state index in [-0.39, 0.29) is 18.1 Å². The van der Waals surface area contributed by atoms with E-state index < -0.39 is 86.9 Å².